The fraction of sp³-hybridized carbons (Fsp3) is 0.407. The molecule has 10 heteroatoms. The van der Waals surface area contributed by atoms with Gasteiger partial charge in [0.1, 0.15) is 23.2 Å². The molecule has 0 amide bonds. The zero-order chi connectivity index (χ0) is 27.4. The second kappa shape index (κ2) is 14.8. The Bertz CT molecular complexity index is 1090. The predicted molar refractivity (Wildman–Crippen MR) is 140 cm³/mol. The molecule has 3 unspecified atom stereocenters. The van der Waals surface area contributed by atoms with E-state index < -0.39 is 5.97 Å². The lowest BCUT2D eigenvalue weighted by atomic mass is 9.80. The van der Waals surface area contributed by atoms with Crippen molar-refractivity contribution in [2.75, 3.05) is 13.7 Å². The highest BCUT2D eigenvalue weighted by molar-refractivity contribution is 6.31. The van der Waals surface area contributed by atoms with Crippen LogP contribution in [-0.2, 0) is 14.3 Å². The maximum atomic E-state index is 12.3. The third kappa shape index (κ3) is 8.78. The summed E-state index contributed by atoms with van der Waals surface area (Å²) < 4.78 is 10.4. The molecule has 9 nitrogen and oxygen atoms in total. The molecule has 1 aromatic carbocycles. The number of aromatic nitrogens is 1. The minimum atomic E-state index is -0.754. The zero-order valence-corrected chi connectivity index (χ0v) is 22.0. The molecule has 1 heterocycles. The van der Waals surface area contributed by atoms with Crippen molar-refractivity contribution >= 4 is 29.8 Å². The van der Waals surface area contributed by atoms with E-state index in [9.17, 15) is 19.5 Å². The summed E-state index contributed by atoms with van der Waals surface area (Å²) in [4.78, 5) is 37.8. The van der Waals surface area contributed by atoms with Gasteiger partial charge in [-0.15, -0.1) is 0 Å². The van der Waals surface area contributed by atoms with Crippen LogP contribution in [0.5, 0.6) is 5.75 Å². The molecule has 1 aromatic heterocycles. The largest absolute Gasteiger partial charge is 0.492 e. The average molecular weight is 532 g/mol. The number of hydrogen-bond donors (Lipinski definition) is 3. The minimum absolute atomic E-state index is 0.00581. The highest BCUT2D eigenvalue weighted by Gasteiger charge is 2.31. The normalized spacial score (nSPS) is 18.3. The second-order valence-corrected chi connectivity index (χ2v) is 9.12. The Morgan fingerprint density at radius 2 is 1.95 bits per heavy atom. The van der Waals surface area contributed by atoms with Gasteiger partial charge in [0.2, 0.25) is 5.78 Å². The Labute approximate surface area is 222 Å². The maximum Gasteiger partial charge on any atom is 0.306 e. The molecule has 4 N–H and O–H groups in total. The number of Topliss-reactive ketones (excluding diaryl/α,β-unsaturated/α-hetero) is 1. The monoisotopic (exact) mass is 531 g/mol. The summed E-state index contributed by atoms with van der Waals surface area (Å²) in [6.45, 7) is 4.18. The number of rotatable bonds is 10. The number of nitrogens with one attached hydrogen (secondary N) is 1. The number of aliphatic carboxylic acids is 1. The number of ketones is 1. The first-order chi connectivity index (χ1) is 17.7. The molecule has 0 aliphatic heterocycles. The van der Waals surface area contributed by atoms with Gasteiger partial charge in [-0.1, -0.05) is 42.6 Å². The van der Waals surface area contributed by atoms with Gasteiger partial charge in [-0.2, -0.15) is 0 Å². The van der Waals surface area contributed by atoms with E-state index in [4.69, 9.17) is 26.8 Å². The number of allylic oxidation sites excluding steroid dienone is 2. The van der Waals surface area contributed by atoms with E-state index in [1.54, 1.807) is 39.1 Å². The molecule has 0 bridgehead atoms. The van der Waals surface area contributed by atoms with Crippen LogP contribution in [0.25, 0.3) is 0 Å². The first kappa shape index (κ1) is 29.6. The molecular formula is C27H34ClN3O6. The van der Waals surface area contributed by atoms with Crippen LogP contribution in [0.2, 0.25) is 5.02 Å². The van der Waals surface area contributed by atoms with E-state index in [0.717, 1.165) is 24.8 Å². The van der Waals surface area contributed by atoms with Gasteiger partial charge < -0.3 is 25.6 Å². The SMILES string of the molecule is CC(OC=O)c1ccccc1Cl.CN/C(C(=O)c1ccc(OCC2CCCCC2C(=O)O)cn1)=C(\C)N. The van der Waals surface area contributed by atoms with Gasteiger partial charge in [0.15, 0.2) is 0 Å². The maximum absolute atomic E-state index is 12.3. The number of carbonyl (C=O) groups excluding carboxylic acids is 2. The molecular weight excluding hydrogens is 498 g/mol. The van der Waals surface area contributed by atoms with Crippen LogP contribution in [0, 0.1) is 11.8 Å². The molecule has 3 rings (SSSR count). The van der Waals surface area contributed by atoms with Crippen LogP contribution in [-0.4, -0.2) is 42.0 Å². The number of hydrogen-bond acceptors (Lipinski definition) is 8. The van der Waals surface area contributed by atoms with Crippen molar-refractivity contribution in [3.8, 4) is 5.75 Å². The van der Waals surface area contributed by atoms with Gasteiger partial charge in [-0.3, -0.25) is 14.4 Å². The number of pyridine rings is 1. The lowest BCUT2D eigenvalue weighted by Crippen LogP contribution is -2.31. The predicted octanol–water partition coefficient (Wildman–Crippen LogP) is 4.52. The van der Waals surface area contributed by atoms with Crippen molar-refractivity contribution in [3.63, 3.8) is 0 Å². The molecule has 1 saturated carbocycles. The summed E-state index contributed by atoms with van der Waals surface area (Å²) in [5, 5.41) is 12.7. The van der Waals surface area contributed by atoms with Crippen LogP contribution in [0.3, 0.4) is 0 Å². The lowest BCUT2D eigenvalue weighted by Gasteiger charge is -2.28. The van der Waals surface area contributed by atoms with Gasteiger partial charge in [0.05, 0.1) is 18.7 Å². The number of carboxylic acids is 1. The van der Waals surface area contributed by atoms with Crippen molar-refractivity contribution < 1.29 is 29.0 Å². The van der Waals surface area contributed by atoms with E-state index in [1.165, 1.54) is 6.20 Å². The molecule has 0 saturated heterocycles. The van der Waals surface area contributed by atoms with Gasteiger partial charge in [0.25, 0.3) is 6.47 Å². The number of nitrogens with zero attached hydrogens (tertiary/aromatic N) is 1. The molecule has 2 aromatic rings. The number of likely N-dealkylation sites (N-methyl/N-ethyl adjacent to an activating group) is 1. The Morgan fingerprint density at radius 3 is 2.51 bits per heavy atom. The first-order valence-corrected chi connectivity index (χ1v) is 12.4. The fourth-order valence-corrected chi connectivity index (χ4v) is 4.40. The fourth-order valence-electron chi connectivity index (χ4n) is 4.11. The standard InChI is InChI=1S/C18H25N3O4.C9H9ClO2/c1-11(19)16(20-2)17(22)15-8-7-13(9-21-15)25-10-12-5-3-4-6-14(12)18(23)24;1-7(12-6-11)8-4-2-3-5-9(8)10/h7-9,12,14,20H,3-6,10,19H2,1-2H3,(H,23,24);2-7H,1H3/b16-11+;. The molecule has 1 aliphatic rings. The summed E-state index contributed by atoms with van der Waals surface area (Å²) in [5.41, 5.74) is 7.48. The number of carboxylic acid groups (broad SMARTS) is 1. The second-order valence-electron chi connectivity index (χ2n) is 8.71. The minimum Gasteiger partial charge on any atom is -0.492 e. The van der Waals surface area contributed by atoms with Crippen LogP contribution in [0.15, 0.2) is 54.0 Å². The molecule has 0 spiro atoms. The molecule has 0 radical (unpaired) electrons. The third-order valence-electron chi connectivity index (χ3n) is 6.13. The topological polar surface area (TPSA) is 141 Å². The Hall–Kier alpha value is -3.59. The smallest absolute Gasteiger partial charge is 0.306 e. The van der Waals surface area contributed by atoms with Crippen molar-refractivity contribution in [2.24, 2.45) is 17.6 Å². The average Bonchev–Trinajstić information content (AvgIpc) is 2.89. The van der Waals surface area contributed by atoms with Crippen molar-refractivity contribution in [1.82, 2.24) is 10.3 Å². The Balaban J connectivity index is 0.000000335. The number of ether oxygens (including phenoxy) is 2. The van der Waals surface area contributed by atoms with E-state index >= 15 is 0 Å². The molecule has 1 fully saturated rings. The Morgan fingerprint density at radius 1 is 1.24 bits per heavy atom. The summed E-state index contributed by atoms with van der Waals surface area (Å²) in [7, 11) is 1.63. The number of benzene rings is 1. The Kier molecular flexibility index (Phi) is 11.9. The van der Waals surface area contributed by atoms with E-state index in [2.05, 4.69) is 10.3 Å². The number of carbonyl (C=O) groups is 3. The van der Waals surface area contributed by atoms with Gasteiger partial charge in [-0.05, 0) is 44.9 Å². The molecule has 1 aliphatic carbocycles. The summed E-state index contributed by atoms with van der Waals surface area (Å²) in [6, 6.07) is 10.5. The van der Waals surface area contributed by atoms with Gasteiger partial charge in [0, 0.05) is 29.2 Å². The van der Waals surface area contributed by atoms with Crippen LogP contribution in [0.4, 0.5) is 0 Å². The lowest BCUT2D eigenvalue weighted by molar-refractivity contribution is -0.145. The van der Waals surface area contributed by atoms with Gasteiger partial charge >= 0.3 is 5.97 Å². The van der Waals surface area contributed by atoms with Crippen LogP contribution < -0.4 is 15.8 Å². The van der Waals surface area contributed by atoms with Crippen LogP contribution in [0.1, 0.15) is 61.7 Å². The molecule has 200 valence electrons. The van der Waals surface area contributed by atoms with E-state index in [0.29, 0.717) is 41.7 Å². The quantitative estimate of drug-likeness (QED) is 0.229. The number of nitrogens with two attached hydrogens (primary N) is 1. The highest BCUT2D eigenvalue weighted by atomic mass is 35.5. The van der Waals surface area contributed by atoms with Crippen LogP contribution >= 0.6 is 11.6 Å². The van der Waals surface area contributed by atoms with Crippen molar-refractivity contribution in [3.05, 3.63) is 70.3 Å². The number of halogens is 1. The summed E-state index contributed by atoms with van der Waals surface area (Å²) in [5.74, 6) is -0.862. The molecule has 37 heavy (non-hydrogen) atoms. The zero-order valence-electron chi connectivity index (χ0n) is 21.3. The van der Waals surface area contributed by atoms with E-state index in [1.807, 2.05) is 18.2 Å². The highest BCUT2D eigenvalue weighted by Crippen LogP contribution is 2.31. The first-order valence-electron chi connectivity index (χ1n) is 12.0. The summed E-state index contributed by atoms with van der Waals surface area (Å²) in [6.07, 6.45) is 4.73. The molecule has 3 atom stereocenters. The van der Waals surface area contributed by atoms with Gasteiger partial charge in [-0.25, -0.2) is 4.98 Å². The van der Waals surface area contributed by atoms with Crippen molar-refractivity contribution in [1.29, 1.82) is 0 Å². The summed E-state index contributed by atoms with van der Waals surface area (Å²) >= 11 is 5.86. The third-order valence-corrected chi connectivity index (χ3v) is 6.48. The van der Waals surface area contributed by atoms with Crippen molar-refractivity contribution in [2.45, 2.75) is 45.6 Å². The van der Waals surface area contributed by atoms with E-state index in [-0.39, 0.29) is 29.4 Å².